The van der Waals surface area contributed by atoms with Crippen molar-refractivity contribution in [2.45, 2.75) is 19.8 Å². The predicted molar refractivity (Wildman–Crippen MR) is 65.3 cm³/mol. The van der Waals surface area contributed by atoms with Crippen molar-refractivity contribution in [3.8, 4) is 0 Å². The number of nitrogens with one attached hydrogen (secondary N) is 1. The summed E-state index contributed by atoms with van der Waals surface area (Å²) >= 11 is 0. The van der Waals surface area contributed by atoms with Crippen LogP contribution >= 0.6 is 0 Å². The van der Waals surface area contributed by atoms with E-state index < -0.39 is 0 Å². The fraction of sp³-hybridized carbons (Fsp3) is 0.538. The van der Waals surface area contributed by atoms with E-state index in [1.807, 2.05) is 12.1 Å². The zero-order valence-electron chi connectivity index (χ0n) is 9.80. The Bertz CT molecular complexity index is 346. The molecular weight excluding hydrogens is 203 g/mol. The van der Waals surface area contributed by atoms with Gasteiger partial charge in [-0.1, -0.05) is 6.07 Å². The molecule has 1 saturated heterocycles. The first kappa shape index (κ1) is 11.4. The summed E-state index contributed by atoms with van der Waals surface area (Å²) in [4.78, 5) is 2.44. The van der Waals surface area contributed by atoms with Gasteiger partial charge in [0.1, 0.15) is 5.82 Å². The molecule has 1 aliphatic rings. The lowest BCUT2D eigenvalue weighted by atomic mass is 10.2. The number of nitrogens with zero attached hydrogens (tertiary/aromatic N) is 1. The van der Waals surface area contributed by atoms with Crippen LogP contribution in [0, 0.1) is 12.7 Å². The van der Waals surface area contributed by atoms with Gasteiger partial charge in [0.15, 0.2) is 0 Å². The lowest BCUT2D eigenvalue weighted by Gasteiger charge is -2.15. The van der Waals surface area contributed by atoms with Crippen molar-refractivity contribution in [1.29, 1.82) is 0 Å². The molecular formula is C13H19FN2. The minimum Gasteiger partial charge on any atom is -0.384 e. The maximum Gasteiger partial charge on any atom is 0.128 e. The molecule has 88 valence electrons. The van der Waals surface area contributed by atoms with Crippen LogP contribution in [-0.2, 0) is 0 Å². The number of likely N-dealkylation sites (tertiary alicyclic amines) is 1. The molecule has 0 atom stereocenters. The average Bonchev–Trinajstić information content (AvgIpc) is 2.76. The number of benzene rings is 1. The molecule has 2 rings (SSSR count). The predicted octanol–water partition coefficient (Wildman–Crippen LogP) is 2.64. The molecule has 2 nitrogen and oxygen atoms in total. The van der Waals surface area contributed by atoms with Gasteiger partial charge in [-0.2, -0.15) is 0 Å². The van der Waals surface area contributed by atoms with E-state index in [-0.39, 0.29) is 5.82 Å². The Hall–Kier alpha value is -1.09. The third kappa shape index (κ3) is 2.95. The van der Waals surface area contributed by atoms with Crippen LogP contribution in [0.2, 0.25) is 0 Å². The zero-order chi connectivity index (χ0) is 11.4. The second-order valence-corrected chi connectivity index (χ2v) is 4.44. The molecule has 0 bridgehead atoms. The van der Waals surface area contributed by atoms with Crippen molar-refractivity contribution in [2.75, 3.05) is 31.5 Å². The lowest BCUT2D eigenvalue weighted by Crippen LogP contribution is -2.25. The first-order chi connectivity index (χ1) is 7.75. The number of aryl methyl sites for hydroxylation is 1. The molecule has 16 heavy (non-hydrogen) atoms. The van der Waals surface area contributed by atoms with E-state index in [4.69, 9.17) is 0 Å². The molecule has 0 spiro atoms. The highest BCUT2D eigenvalue weighted by Crippen LogP contribution is 2.13. The van der Waals surface area contributed by atoms with Gasteiger partial charge in [-0.05, 0) is 50.6 Å². The molecule has 1 N–H and O–H groups in total. The van der Waals surface area contributed by atoms with E-state index in [0.717, 1.165) is 18.8 Å². The highest BCUT2D eigenvalue weighted by atomic mass is 19.1. The first-order valence-electron chi connectivity index (χ1n) is 5.98. The topological polar surface area (TPSA) is 15.3 Å². The number of halogens is 1. The van der Waals surface area contributed by atoms with Gasteiger partial charge in [0.05, 0.1) is 0 Å². The van der Waals surface area contributed by atoms with Crippen molar-refractivity contribution in [3.05, 3.63) is 29.6 Å². The van der Waals surface area contributed by atoms with Gasteiger partial charge in [-0.15, -0.1) is 0 Å². The second-order valence-electron chi connectivity index (χ2n) is 4.44. The molecule has 1 heterocycles. The summed E-state index contributed by atoms with van der Waals surface area (Å²) in [6, 6.07) is 5.31. The Morgan fingerprint density at radius 1 is 1.31 bits per heavy atom. The van der Waals surface area contributed by atoms with Crippen LogP contribution in [0.5, 0.6) is 0 Å². The van der Waals surface area contributed by atoms with Crippen LogP contribution in [0.4, 0.5) is 10.1 Å². The van der Waals surface area contributed by atoms with Gasteiger partial charge in [-0.3, -0.25) is 0 Å². The molecule has 3 heteroatoms. The molecule has 1 aromatic rings. The van der Waals surface area contributed by atoms with Crippen LogP contribution in [-0.4, -0.2) is 31.1 Å². The van der Waals surface area contributed by atoms with E-state index in [1.54, 1.807) is 13.0 Å². The highest BCUT2D eigenvalue weighted by Gasteiger charge is 2.10. The Morgan fingerprint density at radius 2 is 2.06 bits per heavy atom. The highest BCUT2D eigenvalue weighted by molar-refractivity contribution is 5.45. The van der Waals surface area contributed by atoms with E-state index >= 15 is 0 Å². The molecule has 0 amide bonds. The third-order valence-electron chi connectivity index (χ3n) is 3.13. The molecule has 0 aromatic heterocycles. The van der Waals surface area contributed by atoms with Gasteiger partial charge in [0.2, 0.25) is 0 Å². The molecule has 0 unspecified atom stereocenters. The van der Waals surface area contributed by atoms with E-state index in [0.29, 0.717) is 5.56 Å². The van der Waals surface area contributed by atoms with Gasteiger partial charge < -0.3 is 10.2 Å². The van der Waals surface area contributed by atoms with E-state index in [2.05, 4.69) is 10.2 Å². The van der Waals surface area contributed by atoms with Crippen molar-refractivity contribution < 1.29 is 4.39 Å². The minimum absolute atomic E-state index is 0.133. The largest absolute Gasteiger partial charge is 0.384 e. The summed E-state index contributed by atoms with van der Waals surface area (Å²) in [5, 5.41) is 3.26. The molecule has 0 aliphatic carbocycles. The summed E-state index contributed by atoms with van der Waals surface area (Å²) in [5.74, 6) is -0.133. The summed E-state index contributed by atoms with van der Waals surface area (Å²) in [6.07, 6.45) is 2.64. The van der Waals surface area contributed by atoms with E-state index in [9.17, 15) is 4.39 Å². The lowest BCUT2D eigenvalue weighted by molar-refractivity contribution is 0.352. The van der Waals surface area contributed by atoms with Crippen LogP contribution in [0.3, 0.4) is 0 Å². The van der Waals surface area contributed by atoms with Crippen LogP contribution in [0.25, 0.3) is 0 Å². The summed E-state index contributed by atoms with van der Waals surface area (Å²) in [7, 11) is 0. The number of hydrogen-bond donors (Lipinski definition) is 1. The Labute approximate surface area is 96.5 Å². The Morgan fingerprint density at radius 3 is 2.75 bits per heavy atom. The molecule has 0 radical (unpaired) electrons. The molecule has 0 saturated carbocycles. The fourth-order valence-electron chi connectivity index (χ4n) is 2.07. The Kier molecular flexibility index (Phi) is 3.78. The number of rotatable bonds is 4. The normalized spacial score (nSPS) is 16.6. The SMILES string of the molecule is Cc1ccc(NCCN2CCCC2)cc1F. The fourth-order valence-corrected chi connectivity index (χ4v) is 2.07. The summed E-state index contributed by atoms with van der Waals surface area (Å²) < 4.78 is 13.3. The monoisotopic (exact) mass is 222 g/mol. The average molecular weight is 222 g/mol. The quantitative estimate of drug-likeness (QED) is 0.842. The van der Waals surface area contributed by atoms with Gasteiger partial charge in [-0.25, -0.2) is 4.39 Å². The molecule has 1 aliphatic heterocycles. The van der Waals surface area contributed by atoms with E-state index in [1.165, 1.54) is 25.9 Å². The number of hydrogen-bond acceptors (Lipinski definition) is 2. The van der Waals surface area contributed by atoms with Crippen molar-refractivity contribution in [2.24, 2.45) is 0 Å². The van der Waals surface area contributed by atoms with Crippen molar-refractivity contribution >= 4 is 5.69 Å². The maximum atomic E-state index is 13.3. The summed E-state index contributed by atoms with van der Waals surface area (Å²) in [5.41, 5.74) is 1.58. The van der Waals surface area contributed by atoms with Gasteiger partial charge >= 0.3 is 0 Å². The first-order valence-corrected chi connectivity index (χ1v) is 5.98. The smallest absolute Gasteiger partial charge is 0.128 e. The third-order valence-corrected chi connectivity index (χ3v) is 3.13. The van der Waals surface area contributed by atoms with Gasteiger partial charge in [0.25, 0.3) is 0 Å². The van der Waals surface area contributed by atoms with Crippen LogP contribution in [0.15, 0.2) is 18.2 Å². The summed E-state index contributed by atoms with van der Waals surface area (Å²) in [6.45, 7) is 6.15. The Balaban J connectivity index is 1.78. The van der Waals surface area contributed by atoms with Crippen LogP contribution < -0.4 is 5.32 Å². The second kappa shape index (κ2) is 5.30. The standard InChI is InChI=1S/C13H19FN2/c1-11-4-5-12(10-13(11)14)15-6-9-16-7-2-3-8-16/h4-5,10,15H,2-3,6-9H2,1H3. The maximum absolute atomic E-state index is 13.3. The number of anilines is 1. The molecule has 1 fully saturated rings. The van der Waals surface area contributed by atoms with Gasteiger partial charge in [0, 0.05) is 18.8 Å². The van der Waals surface area contributed by atoms with Crippen molar-refractivity contribution in [3.63, 3.8) is 0 Å². The van der Waals surface area contributed by atoms with Crippen molar-refractivity contribution in [1.82, 2.24) is 4.90 Å². The minimum atomic E-state index is -0.133. The zero-order valence-corrected chi connectivity index (χ0v) is 9.80. The van der Waals surface area contributed by atoms with Crippen LogP contribution in [0.1, 0.15) is 18.4 Å². The molecule has 1 aromatic carbocycles.